The minimum atomic E-state index is -0.0914. The molecule has 0 N–H and O–H groups in total. The first-order chi connectivity index (χ1) is 23.0. The van der Waals surface area contributed by atoms with Gasteiger partial charge in [-0.3, -0.25) is 0 Å². The fourth-order valence-corrected chi connectivity index (χ4v) is 9.96. The lowest BCUT2D eigenvalue weighted by molar-refractivity contribution is 0.660. The van der Waals surface area contributed by atoms with Gasteiger partial charge in [-0.25, -0.2) is 9.97 Å². The van der Waals surface area contributed by atoms with Crippen molar-refractivity contribution in [2.45, 2.75) is 19.3 Å². The molecule has 1 aliphatic carbocycles. The van der Waals surface area contributed by atoms with Gasteiger partial charge in [-0.2, -0.15) is 0 Å². The lowest BCUT2D eigenvalue weighted by atomic mass is 9.82. The summed E-state index contributed by atoms with van der Waals surface area (Å²) in [4.78, 5) is 10.7. The zero-order valence-electron chi connectivity index (χ0n) is 25.9. The highest BCUT2D eigenvalue weighted by molar-refractivity contribution is 7.26. The second kappa shape index (κ2) is 9.92. The number of thiophene rings is 2. The predicted molar refractivity (Wildman–Crippen MR) is 202 cm³/mol. The number of nitrogens with zero attached hydrogens (tertiary/aromatic N) is 2. The van der Waals surface area contributed by atoms with Gasteiger partial charge in [0.15, 0.2) is 5.82 Å². The van der Waals surface area contributed by atoms with E-state index in [1.807, 2.05) is 11.3 Å². The lowest BCUT2D eigenvalue weighted by Gasteiger charge is -2.21. The summed E-state index contributed by atoms with van der Waals surface area (Å²) < 4.78 is 5.00. The van der Waals surface area contributed by atoms with Crippen molar-refractivity contribution in [2.75, 3.05) is 0 Å². The van der Waals surface area contributed by atoms with Crippen LogP contribution in [0.3, 0.4) is 0 Å². The topological polar surface area (TPSA) is 25.8 Å². The molecule has 2 nitrogen and oxygen atoms in total. The van der Waals surface area contributed by atoms with E-state index in [1.54, 1.807) is 11.3 Å². The van der Waals surface area contributed by atoms with Gasteiger partial charge in [-0.05, 0) is 57.6 Å². The molecule has 1 aliphatic rings. The quantitative estimate of drug-likeness (QED) is 0.193. The highest BCUT2D eigenvalue weighted by Gasteiger charge is 2.35. The van der Waals surface area contributed by atoms with Crippen LogP contribution in [0.5, 0.6) is 0 Å². The van der Waals surface area contributed by atoms with E-state index in [4.69, 9.17) is 9.97 Å². The molecular weight excluding hydrogens is 609 g/mol. The van der Waals surface area contributed by atoms with E-state index in [2.05, 4.69) is 147 Å². The summed E-state index contributed by atoms with van der Waals surface area (Å²) in [6.45, 7) is 4.65. The molecule has 10 rings (SSSR count). The van der Waals surface area contributed by atoms with Gasteiger partial charge in [0.1, 0.15) is 0 Å². The second-order valence-corrected chi connectivity index (χ2v) is 15.1. The summed E-state index contributed by atoms with van der Waals surface area (Å²) in [5, 5.41) is 3.81. The zero-order valence-corrected chi connectivity index (χ0v) is 27.5. The van der Waals surface area contributed by atoms with Crippen LogP contribution in [-0.2, 0) is 5.41 Å². The molecule has 47 heavy (non-hydrogen) atoms. The molecule has 6 aromatic carbocycles. The van der Waals surface area contributed by atoms with E-state index in [-0.39, 0.29) is 5.41 Å². The minimum absolute atomic E-state index is 0.0914. The highest BCUT2D eigenvalue weighted by atomic mass is 32.1. The van der Waals surface area contributed by atoms with Crippen LogP contribution in [0, 0.1) is 0 Å². The van der Waals surface area contributed by atoms with E-state index in [0.29, 0.717) is 0 Å². The molecule has 3 heterocycles. The Balaban J connectivity index is 1.18. The molecule has 0 unspecified atom stereocenters. The number of benzene rings is 6. The van der Waals surface area contributed by atoms with Crippen LogP contribution in [0.4, 0.5) is 0 Å². The first-order valence-electron chi connectivity index (χ1n) is 16.0. The molecule has 3 aromatic heterocycles. The zero-order chi connectivity index (χ0) is 31.3. The fourth-order valence-electron chi connectivity index (χ4n) is 7.57. The fraction of sp³-hybridized carbons (Fsp3) is 0.0698. The Morgan fingerprint density at radius 3 is 2.02 bits per heavy atom. The standard InChI is InChI=1S/C43H28N2S2/c1-43(2)34-18-6-3-13-29(34)30-22-21-27(24-35(30)43)42-44-38(41-39(45-42)33-15-5-8-20-37(33)47-41)26-12-9-11-25(23-26)28-16-10-17-32-31-14-4-7-19-36(31)46-40(28)32/h3-24H,1-2H3. The van der Waals surface area contributed by atoms with Gasteiger partial charge in [-0.15, -0.1) is 22.7 Å². The molecule has 0 atom stereocenters. The number of hydrogen-bond donors (Lipinski definition) is 0. The molecule has 0 aliphatic heterocycles. The van der Waals surface area contributed by atoms with Crippen LogP contribution in [0.1, 0.15) is 25.0 Å². The Morgan fingerprint density at radius 2 is 1.13 bits per heavy atom. The van der Waals surface area contributed by atoms with Crippen LogP contribution < -0.4 is 0 Å². The summed E-state index contributed by atoms with van der Waals surface area (Å²) in [6, 6.07) is 48.5. The van der Waals surface area contributed by atoms with Crippen molar-refractivity contribution in [3.05, 3.63) is 145 Å². The third kappa shape index (κ3) is 3.95. The second-order valence-electron chi connectivity index (χ2n) is 13.0. The van der Waals surface area contributed by atoms with Crippen LogP contribution in [0.15, 0.2) is 133 Å². The average molecular weight is 637 g/mol. The largest absolute Gasteiger partial charge is 0.226 e. The Kier molecular flexibility index (Phi) is 5.70. The van der Waals surface area contributed by atoms with Crippen molar-refractivity contribution in [2.24, 2.45) is 0 Å². The maximum Gasteiger partial charge on any atom is 0.160 e. The van der Waals surface area contributed by atoms with Crippen LogP contribution in [-0.4, -0.2) is 9.97 Å². The van der Waals surface area contributed by atoms with Crippen molar-refractivity contribution in [1.29, 1.82) is 0 Å². The predicted octanol–water partition coefficient (Wildman–Crippen LogP) is 12.5. The smallest absolute Gasteiger partial charge is 0.160 e. The molecule has 0 spiro atoms. The minimum Gasteiger partial charge on any atom is -0.226 e. The number of fused-ring (bicyclic) bond motifs is 9. The van der Waals surface area contributed by atoms with Gasteiger partial charge in [0.25, 0.3) is 0 Å². The average Bonchev–Trinajstić information content (AvgIpc) is 3.76. The molecule has 0 saturated carbocycles. The maximum atomic E-state index is 5.39. The molecular formula is C43H28N2S2. The summed E-state index contributed by atoms with van der Waals surface area (Å²) in [5.41, 5.74) is 11.9. The molecule has 0 amide bonds. The number of aromatic nitrogens is 2. The Labute approximate surface area is 280 Å². The van der Waals surface area contributed by atoms with Crippen molar-refractivity contribution in [3.63, 3.8) is 0 Å². The molecule has 0 fully saturated rings. The summed E-state index contributed by atoms with van der Waals surface area (Å²) in [7, 11) is 0. The Bertz CT molecular complexity index is 2730. The monoisotopic (exact) mass is 636 g/mol. The van der Waals surface area contributed by atoms with Gasteiger partial charge in [0, 0.05) is 46.8 Å². The van der Waals surface area contributed by atoms with E-state index in [0.717, 1.165) is 32.9 Å². The van der Waals surface area contributed by atoms with Gasteiger partial charge >= 0.3 is 0 Å². The Morgan fingerprint density at radius 1 is 0.468 bits per heavy atom. The highest BCUT2D eigenvalue weighted by Crippen LogP contribution is 2.50. The molecule has 222 valence electrons. The molecule has 0 bridgehead atoms. The first kappa shape index (κ1) is 27.0. The maximum absolute atomic E-state index is 5.39. The lowest BCUT2D eigenvalue weighted by Crippen LogP contribution is -2.15. The van der Waals surface area contributed by atoms with Crippen LogP contribution in [0.25, 0.3) is 85.4 Å². The SMILES string of the molecule is CC1(C)c2ccccc2-c2ccc(-c3nc(-c4cccc(-c5cccc6c5sc5ccccc56)c4)c4sc5ccccc5c4n3)cc21. The first-order valence-corrected chi connectivity index (χ1v) is 17.6. The van der Waals surface area contributed by atoms with Gasteiger partial charge in [0.2, 0.25) is 0 Å². The summed E-state index contributed by atoms with van der Waals surface area (Å²) >= 11 is 3.65. The molecule has 4 heteroatoms. The van der Waals surface area contributed by atoms with Crippen molar-refractivity contribution in [3.8, 4) is 44.9 Å². The molecule has 0 radical (unpaired) electrons. The third-order valence-corrected chi connectivity index (χ3v) is 12.3. The molecule has 9 aromatic rings. The van der Waals surface area contributed by atoms with Crippen LogP contribution >= 0.6 is 22.7 Å². The molecule has 0 saturated heterocycles. The van der Waals surface area contributed by atoms with Crippen molar-refractivity contribution < 1.29 is 0 Å². The van der Waals surface area contributed by atoms with E-state index >= 15 is 0 Å². The van der Waals surface area contributed by atoms with Crippen molar-refractivity contribution >= 4 is 63.1 Å². The third-order valence-electron chi connectivity index (χ3n) is 9.91. The van der Waals surface area contributed by atoms with Crippen molar-refractivity contribution in [1.82, 2.24) is 9.97 Å². The van der Waals surface area contributed by atoms with Crippen LogP contribution in [0.2, 0.25) is 0 Å². The van der Waals surface area contributed by atoms with Gasteiger partial charge in [-0.1, -0.05) is 123 Å². The van der Waals surface area contributed by atoms with Gasteiger partial charge in [0.05, 0.1) is 15.9 Å². The summed E-state index contributed by atoms with van der Waals surface area (Å²) in [6.07, 6.45) is 0. The normalized spacial score (nSPS) is 13.5. The summed E-state index contributed by atoms with van der Waals surface area (Å²) in [5.74, 6) is 0.766. The van der Waals surface area contributed by atoms with Gasteiger partial charge < -0.3 is 0 Å². The van der Waals surface area contributed by atoms with E-state index in [9.17, 15) is 0 Å². The number of hydrogen-bond acceptors (Lipinski definition) is 4. The number of rotatable bonds is 3. The van der Waals surface area contributed by atoms with E-state index in [1.165, 1.54) is 63.6 Å². The van der Waals surface area contributed by atoms with E-state index < -0.39 is 0 Å². The Hall–Kier alpha value is -5.16.